The number of esters is 6. The van der Waals surface area contributed by atoms with Crippen molar-refractivity contribution in [3.63, 3.8) is 0 Å². The molecule has 0 radical (unpaired) electrons. The van der Waals surface area contributed by atoms with E-state index in [2.05, 4.69) is 0 Å². The number of carbonyl (C=O) groups excluding carboxylic acids is 6. The van der Waals surface area contributed by atoms with E-state index in [0.717, 1.165) is 6.92 Å². The Morgan fingerprint density at radius 2 is 0.759 bits per heavy atom. The van der Waals surface area contributed by atoms with E-state index in [-0.39, 0.29) is 0 Å². The molecule has 0 aromatic heterocycles. The van der Waals surface area contributed by atoms with Crippen molar-refractivity contribution in [3.05, 3.63) is 0 Å². The van der Waals surface area contributed by atoms with Crippen LogP contribution in [0.4, 0.5) is 0 Å². The van der Waals surface area contributed by atoms with Crippen LogP contribution in [0.5, 0.6) is 0 Å². The van der Waals surface area contributed by atoms with E-state index >= 15 is 0 Å². The summed E-state index contributed by atoms with van der Waals surface area (Å²) in [5.41, 5.74) is 0. The van der Waals surface area contributed by atoms with Gasteiger partial charge >= 0.3 is 35.8 Å². The first kappa shape index (κ1) is 50.6. The van der Waals surface area contributed by atoms with Crippen LogP contribution < -0.4 is 0 Å². The van der Waals surface area contributed by atoms with E-state index in [1.807, 2.05) is 0 Å². The first-order valence-corrected chi connectivity index (χ1v) is 18.6. The third-order valence-corrected chi connectivity index (χ3v) is 9.40. The zero-order valence-electron chi connectivity index (χ0n) is 33.5. The van der Waals surface area contributed by atoms with Crippen LogP contribution in [0.2, 0.25) is 0 Å². The van der Waals surface area contributed by atoms with E-state index < -0.39 is 134 Å². The molecule has 13 atom stereocenters. The van der Waals surface area contributed by atoms with Crippen molar-refractivity contribution < 1.29 is 82.7 Å². The summed E-state index contributed by atoms with van der Waals surface area (Å²) in [6, 6.07) is 0. The Balaban J connectivity index is 6.24. The van der Waals surface area contributed by atoms with Crippen molar-refractivity contribution in [2.24, 2.45) is 29.6 Å². The molecule has 0 spiro atoms. The Kier molecular flexibility index (Phi) is 23.4. The molecule has 0 aliphatic rings. The lowest BCUT2D eigenvalue weighted by Gasteiger charge is -2.30. The zero-order valence-corrected chi connectivity index (χ0v) is 33.5. The highest BCUT2D eigenvalue weighted by atomic mass is 16.7. The van der Waals surface area contributed by atoms with Gasteiger partial charge in [-0.3, -0.25) is 4.79 Å². The van der Waals surface area contributed by atoms with Gasteiger partial charge in [-0.15, -0.1) is 0 Å². The standard InChI is InChI=1S/C37H64O17/c1-12-19(7)29(33(44)49-17-25(41)27(43)26(42)24(40)16-38)51-35(46)31(21(9)14-3)53-37(48)32(22(10)15-4)54-36(47)30(20(8)13-2)52-34(45)28(18(5)6)50-23(11)39/h18-22,24-32,38,40-43H,12-17H2,1-11H3/t19-,20+,21-,22+,24-,25+,26-,27+,28-,29+,30+,31+,32+/m1/s1. The average Bonchev–Trinajstić information content (AvgIpc) is 3.14. The van der Waals surface area contributed by atoms with Crippen molar-refractivity contribution >= 4 is 35.8 Å². The molecular weight excluding hydrogens is 716 g/mol. The molecule has 0 rings (SSSR count). The van der Waals surface area contributed by atoms with Crippen molar-refractivity contribution in [1.29, 1.82) is 0 Å². The minimum absolute atomic E-state index is 0.302. The van der Waals surface area contributed by atoms with Gasteiger partial charge in [0.15, 0.2) is 0 Å². The van der Waals surface area contributed by atoms with Gasteiger partial charge in [-0.2, -0.15) is 0 Å². The summed E-state index contributed by atoms with van der Waals surface area (Å²) in [7, 11) is 0. The number of carbonyl (C=O) groups is 6. The molecule has 0 saturated heterocycles. The van der Waals surface area contributed by atoms with Gasteiger partial charge < -0.3 is 54.0 Å². The highest BCUT2D eigenvalue weighted by molar-refractivity contribution is 5.87. The predicted molar refractivity (Wildman–Crippen MR) is 190 cm³/mol. The molecule has 0 fully saturated rings. The number of aliphatic hydroxyl groups is 5. The van der Waals surface area contributed by atoms with Crippen LogP contribution >= 0.6 is 0 Å². The lowest BCUT2D eigenvalue weighted by atomic mass is 9.98. The van der Waals surface area contributed by atoms with Gasteiger partial charge in [-0.25, -0.2) is 24.0 Å². The largest absolute Gasteiger partial charge is 0.460 e. The lowest BCUT2D eigenvalue weighted by Crippen LogP contribution is -2.48. The molecule has 0 amide bonds. The molecule has 0 aromatic carbocycles. The predicted octanol–water partition coefficient (Wildman–Crippen LogP) is 1.38. The van der Waals surface area contributed by atoms with Gasteiger partial charge in [0.25, 0.3) is 0 Å². The van der Waals surface area contributed by atoms with Gasteiger partial charge in [-0.1, -0.05) is 69.2 Å². The first-order chi connectivity index (χ1) is 25.1. The molecular formula is C37H64O17. The van der Waals surface area contributed by atoms with E-state index in [1.165, 1.54) is 0 Å². The molecule has 17 heteroatoms. The fourth-order valence-electron chi connectivity index (χ4n) is 4.76. The van der Waals surface area contributed by atoms with E-state index in [4.69, 9.17) is 33.5 Å². The maximum atomic E-state index is 13.7. The molecule has 0 aromatic rings. The SMILES string of the molecule is CC[C@@H](C)[C@H](OC(=O)[C@@H](OC(=O)[C@@H](OC(=O)[C@@H](OC(=O)[C@H](OC(C)=O)C(C)C)[C@@H](C)CC)[C@@H](C)CC)[C@H](C)CC)C(=O)OC[C@H](O)[C@H](O)[C@H](O)[C@H](O)CO. The normalized spacial score (nSPS) is 18.8. The Bertz CT molecular complexity index is 1190. The van der Waals surface area contributed by atoms with Crippen LogP contribution in [0.25, 0.3) is 0 Å². The number of hydrogen-bond acceptors (Lipinski definition) is 17. The molecule has 0 aliphatic carbocycles. The smallest absolute Gasteiger partial charge is 0.348 e. The van der Waals surface area contributed by atoms with Crippen LogP contribution in [0.1, 0.15) is 102 Å². The molecule has 0 unspecified atom stereocenters. The number of hydrogen-bond donors (Lipinski definition) is 5. The fraction of sp³-hybridized carbons (Fsp3) is 0.838. The Morgan fingerprint density at radius 3 is 1.04 bits per heavy atom. The second kappa shape index (κ2) is 24.9. The second-order valence-electron chi connectivity index (χ2n) is 14.2. The molecule has 17 nitrogen and oxygen atoms in total. The summed E-state index contributed by atoms with van der Waals surface area (Å²) in [6.45, 7) is 15.9. The molecule has 314 valence electrons. The van der Waals surface area contributed by atoms with E-state index in [1.54, 1.807) is 69.2 Å². The van der Waals surface area contributed by atoms with Crippen molar-refractivity contribution in [2.75, 3.05) is 13.2 Å². The van der Waals surface area contributed by atoms with Crippen molar-refractivity contribution in [3.8, 4) is 0 Å². The Hall–Kier alpha value is -3.38. The zero-order chi connectivity index (χ0) is 42.0. The van der Waals surface area contributed by atoms with Crippen molar-refractivity contribution in [2.45, 2.75) is 157 Å². The lowest BCUT2D eigenvalue weighted by molar-refractivity contribution is -0.197. The molecule has 54 heavy (non-hydrogen) atoms. The number of aliphatic hydroxyl groups excluding tert-OH is 5. The highest BCUT2D eigenvalue weighted by Gasteiger charge is 2.42. The third kappa shape index (κ3) is 15.8. The molecule has 0 heterocycles. The summed E-state index contributed by atoms with van der Waals surface area (Å²) in [5, 5.41) is 48.6. The molecule has 5 N–H and O–H groups in total. The van der Waals surface area contributed by atoms with E-state index in [9.17, 15) is 49.2 Å². The molecule has 0 saturated carbocycles. The van der Waals surface area contributed by atoms with Crippen LogP contribution in [0.15, 0.2) is 0 Å². The van der Waals surface area contributed by atoms with Gasteiger partial charge in [0.2, 0.25) is 30.5 Å². The monoisotopic (exact) mass is 780 g/mol. The quantitative estimate of drug-likeness (QED) is 0.0648. The summed E-state index contributed by atoms with van der Waals surface area (Å²) in [6.07, 6.45) is -13.9. The number of rotatable bonds is 25. The van der Waals surface area contributed by atoms with Crippen LogP contribution in [0, 0.1) is 29.6 Å². The minimum atomic E-state index is -2.00. The van der Waals surface area contributed by atoms with Crippen LogP contribution in [-0.4, -0.2) is 129 Å². The average molecular weight is 781 g/mol. The Morgan fingerprint density at radius 1 is 0.463 bits per heavy atom. The van der Waals surface area contributed by atoms with Gasteiger partial charge in [0.05, 0.1) is 6.61 Å². The summed E-state index contributed by atoms with van der Waals surface area (Å²) in [5.74, 6) is -9.11. The first-order valence-electron chi connectivity index (χ1n) is 18.6. The van der Waals surface area contributed by atoms with Crippen LogP contribution in [-0.2, 0) is 57.2 Å². The molecule has 0 aliphatic heterocycles. The maximum absolute atomic E-state index is 13.7. The minimum Gasteiger partial charge on any atom is -0.460 e. The summed E-state index contributed by atoms with van der Waals surface area (Å²) in [4.78, 5) is 78.6. The second-order valence-corrected chi connectivity index (χ2v) is 14.2. The maximum Gasteiger partial charge on any atom is 0.348 e. The van der Waals surface area contributed by atoms with E-state index in [0.29, 0.717) is 25.7 Å². The summed E-state index contributed by atoms with van der Waals surface area (Å²) < 4.78 is 32.5. The Labute approximate surface area is 317 Å². The topological polar surface area (TPSA) is 259 Å². The third-order valence-electron chi connectivity index (χ3n) is 9.40. The number of ether oxygens (including phenoxy) is 6. The van der Waals surface area contributed by atoms with Crippen molar-refractivity contribution in [1.82, 2.24) is 0 Å². The van der Waals surface area contributed by atoms with Gasteiger partial charge in [0.1, 0.15) is 31.0 Å². The van der Waals surface area contributed by atoms with Gasteiger partial charge in [-0.05, 0) is 25.7 Å². The summed E-state index contributed by atoms with van der Waals surface area (Å²) >= 11 is 0. The fourth-order valence-corrected chi connectivity index (χ4v) is 4.76. The van der Waals surface area contributed by atoms with Crippen LogP contribution in [0.3, 0.4) is 0 Å². The van der Waals surface area contributed by atoms with Gasteiger partial charge in [0, 0.05) is 36.5 Å². The molecule has 0 bridgehead atoms. The highest BCUT2D eigenvalue weighted by Crippen LogP contribution is 2.24.